The fraction of sp³-hybridized carbons (Fsp3) is 0.182. The van der Waals surface area contributed by atoms with E-state index < -0.39 is 0 Å². The van der Waals surface area contributed by atoms with Crippen LogP contribution in [0.2, 0.25) is 0 Å². The summed E-state index contributed by atoms with van der Waals surface area (Å²) in [6.45, 7) is 8.06. The van der Waals surface area contributed by atoms with Crippen LogP contribution in [0.15, 0.2) is 73.1 Å². The summed E-state index contributed by atoms with van der Waals surface area (Å²) in [7, 11) is 0. The van der Waals surface area contributed by atoms with Gasteiger partial charge >= 0.3 is 0 Å². The SMILES string of the molecule is CC.Cc1cc2ccccc2cn1.Cc1cnc2ccccc2c1. The third-order valence-corrected chi connectivity index (χ3v) is 3.49. The summed E-state index contributed by atoms with van der Waals surface area (Å²) in [5.74, 6) is 0. The van der Waals surface area contributed by atoms with Gasteiger partial charge in [-0.3, -0.25) is 9.97 Å². The zero-order valence-corrected chi connectivity index (χ0v) is 14.8. The molecule has 0 radical (unpaired) electrons. The van der Waals surface area contributed by atoms with E-state index in [2.05, 4.69) is 47.2 Å². The molecule has 4 rings (SSSR count). The molecular formula is C22H24N2. The lowest BCUT2D eigenvalue weighted by molar-refractivity contribution is 1.22. The largest absolute Gasteiger partial charge is 0.261 e. The van der Waals surface area contributed by atoms with Crippen LogP contribution in [0.1, 0.15) is 25.1 Å². The van der Waals surface area contributed by atoms with Crippen molar-refractivity contribution >= 4 is 21.7 Å². The van der Waals surface area contributed by atoms with Gasteiger partial charge in [-0.05, 0) is 43.0 Å². The van der Waals surface area contributed by atoms with E-state index in [1.807, 2.05) is 63.5 Å². The van der Waals surface area contributed by atoms with E-state index in [0.29, 0.717) is 0 Å². The van der Waals surface area contributed by atoms with Gasteiger partial charge in [-0.2, -0.15) is 0 Å². The van der Waals surface area contributed by atoms with Gasteiger partial charge < -0.3 is 0 Å². The monoisotopic (exact) mass is 316 g/mol. The zero-order valence-electron chi connectivity index (χ0n) is 14.8. The van der Waals surface area contributed by atoms with Crippen molar-refractivity contribution in [2.24, 2.45) is 0 Å². The summed E-state index contributed by atoms with van der Waals surface area (Å²) >= 11 is 0. The van der Waals surface area contributed by atoms with Crippen LogP contribution in [0.5, 0.6) is 0 Å². The van der Waals surface area contributed by atoms with Crippen molar-refractivity contribution in [2.75, 3.05) is 0 Å². The molecule has 122 valence electrons. The predicted octanol–water partition coefficient (Wildman–Crippen LogP) is 6.11. The van der Waals surface area contributed by atoms with Gasteiger partial charge in [0.2, 0.25) is 0 Å². The molecule has 0 aliphatic rings. The van der Waals surface area contributed by atoms with Gasteiger partial charge in [0.1, 0.15) is 0 Å². The molecule has 2 heteroatoms. The number of aromatic nitrogens is 2. The zero-order chi connectivity index (χ0) is 17.4. The Labute approximate surface area is 144 Å². The first-order valence-corrected chi connectivity index (χ1v) is 8.35. The lowest BCUT2D eigenvalue weighted by atomic mass is 10.1. The molecule has 0 aliphatic heterocycles. The Balaban J connectivity index is 0.000000158. The van der Waals surface area contributed by atoms with Crippen molar-refractivity contribution in [1.82, 2.24) is 9.97 Å². The Hall–Kier alpha value is -2.74. The van der Waals surface area contributed by atoms with Crippen molar-refractivity contribution in [1.29, 1.82) is 0 Å². The molecule has 0 fully saturated rings. The predicted molar refractivity (Wildman–Crippen MR) is 104 cm³/mol. The number of pyridine rings is 2. The maximum Gasteiger partial charge on any atom is 0.0702 e. The molecule has 2 aromatic heterocycles. The van der Waals surface area contributed by atoms with E-state index in [1.54, 1.807) is 0 Å². The lowest BCUT2D eigenvalue weighted by Gasteiger charge is -1.96. The van der Waals surface area contributed by atoms with Crippen molar-refractivity contribution in [2.45, 2.75) is 27.7 Å². The minimum Gasteiger partial charge on any atom is -0.261 e. The number of hydrogen-bond donors (Lipinski definition) is 0. The number of para-hydroxylation sites is 1. The molecule has 2 aromatic carbocycles. The summed E-state index contributed by atoms with van der Waals surface area (Å²) in [6, 6.07) is 20.6. The number of nitrogens with zero attached hydrogens (tertiary/aromatic N) is 2. The third-order valence-electron chi connectivity index (χ3n) is 3.49. The van der Waals surface area contributed by atoms with Crippen molar-refractivity contribution < 1.29 is 0 Å². The topological polar surface area (TPSA) is 25.8 Å². The minimum atomic E-state index is 1.07. The van der Waals surface area contributed by atoms with Gasteiger partial charge in [-0.15, -0.1) is 0 Å². The number of benzene rings is 2. The molecule has 0 bridgehead atoms. The van der Waals surface area contributed by atoms with Crippen molar-refractivity contribution in [3.05, 3.63) is 84.3 Å². The van der Waals surface area contributed by atoms with Gasteiger partial charge in [-0.1, -0.05) is 56.3 Å². The van der Waals surface area contributed by atoms with Crippen LogP contribution in [0.3, 0.4) is 0 Å². The van der Waals surface area contributed by atoms with Crippen LogP contribution in [-0.4, -0.2) is 9.97 Å². The Kier molecular flexibility index (Phi) is 6.44. The standard InChI is InChI=1S/2C10H9N.C2H6/c1-8-6-9-4-2-3-5-10(9)7-11-8;1-8-6-9-4-2-3-5-10(9)11-7-8;1-2/h2*2-7H,1H3;1-2H3. The van der Waals surface area contributed by atoms with Crippen LogP contribution in [0, 0.1) is 13.8 Å². The molecule has 0 unspecified atom stereocenters. The quantitative estimate of drug-likeness (QED) is 0.391. The molecule has 0 amide bonds. The summed E-state index contributed by atoms with van der Waals surface area (Å²) in [6.07, 6.45) is 3.80. The number of hydrogen-bond acceptors (Lipinski definition) is 2. The van der Waals surface area contributed by atoms with E-state index in [4.69, 9.17) is 0 Å². The molecule has 0 aliphatic carbocycles. The Morgan fingerprint density at radius 2 is 1.25 bits per heavy atom. The van der Waals surface area contributed by atoms with E-state index >= 15 is 0 Å². The van der Waals surface area contributed by atoms with E-state index in [1.165, 1.54) is 21.7 Å². The molecule has 0 spiro atoms. The highest BCUT2D eigenvalue weighted by Crippen LogP contribution is 2.12. The summed E-state index contributed by atoms with van der Waals surface area (Å²) < 4.78 is 0. The van der Waals surface area contributed by atoms with Crippen LogP contribution in [0.4, 0.5) is 0 Å². The Morgan fingerprint density at radius 3 is 2.00 bits per heavy atom. The normalized spacial score (nSPS) is 9.67. The van der Waals surface area contributed by atoms with E-state index in [-0.39, 0.29) is 0 Å². The Morgan fingerprint density at radius 1 is 0.625 bits per heavy atom. The number of fused-ring (bicyclic) bond motifs is 2. The fourth-order valence-electron chi connectivity index (χ4n) is 2.37. The van der Waals surface area contributed by atoms with Crippen LogP contribution in [0.25, 0.3) is 21.7 Å². The molecule has 2 nitrogen and oxygen atoms in total. The third kappa shape index (κ3) is 4.63. The minimum absolute atomic E-state index is 1.07. The summed E-state index contributed by atoms with van der Waals surface area (Å²) in [5.41, 5.74) is 3.35. The first kappa shape index (κ1) is 17.6. The maximum absolute atomic E-state index is 4.28. The summed E-state index contributed by atoms with van der Waals surface area (Å²) in [5, 5.41) is 3.69. The highest BCUT2D eigenvalue weighted by atomic mass is 14.7. The number of rotatable bonds is 0. The molecule has 0 saturated carbocycles. The van der Waals surface area contributed by atoms with Gasteiger partial charge in [-0.25, -0.2) is 0 Å². The van der Waals surface area contributed by atoms with Crippen LogP contribution in [-0.2, 0) is 0 Å². The molecular weight excluding hydrogens is 292 g/mol. The molecule has 0 N–H and O–H groups in total. The second-order valence-electron chi connectivity index (χ2n) is 5.38. The van der Waals surface area contributed by atoms with Crippen LogP contribution < -0.4 is 0 Å². The second kappa shape index (κ2) is 8.78. The first-order valence-electron chi connectivity index (χ1n) is 8.35. The average molecular weight is 316 g/mol. The molecule has 0 saturated heterocycles. The molecule has 24 heavy (non-hydrogen) atoms. The van der Waals surface area contributed by atoms with E-state index in [9.17, 15) is 0 Å². The Bertz CT molecular complexity index is 836. The van der Waals surface area contributed by atoms with Crippen LogP contribution >= 0.6 is 0 Å². The number of aryl methyl sites for hydroxylation is 2. The fourth-order valence-corrected chi connectivity index (χ4v) is 2.37. The highest BCUT2D eigenvalue weighted by molar-refractivity contribution is 5.81. The molecule has 4 aromatic rings. The van der Waals surface area contributed by atoms with Crippen molar-refractivity contribution in [3.8, 4) is 0 Å². The maximum atomic E-state index is 4.28. The van der Waals surface area contributed by atoms with Gasteiger partial charge in [0.25, 0.3) is 0 Å². The average Bonchev–Trinajstić information content (AvgIpc) is 2.64. The van der Waals surface area contributed by atoms with Gasteiger partial charge in [0.05, 0.1) is 5.52 Å². The second-order valence-corrected chi connectivity index (χ2v) is 5.38. The highest BCUT2D eigenvalue weighted by Gasteiger charge is 1.91. The summed E-state index contributed by atoms with van der Waals surface area (Å²) in [4.78, 5) is 8.49. The van der Waals surface area contributed by atoms with Gasteiger partial charge in [0.15, 0.2) is 0 Å². The van der Waals surface area contributed by atoms with Crippen molar-refractivity contribution in [3.63, 3.8) is 0 Å². The molecule has 2 heterocycles. The first-order chi connectivity index (χ1) is 11.7. The molecule has 0 atom stereocenters. The lowest BCUT2D eigenvalue weighted by Crippen LogP contribution is -1.79. The van der Waals surface area contributed by atoms with Gasteiger partial charge in [0, 0.05) is 28.9 Å². The smallest absolute Gasteiger partial charge is 0.0702 e. The van der Waals surface area contributed by atoms with E-state index in [0.717, 1.165) is 11.2 Å².